The van der Waals surface area contributed by atoms with Crippen LogP contribution in [0.5, 0.6) is 0 Å². The van der Waals surface area contributed by atoms with Crippen LogP contribution < -0.4 is 10.6 Å². The maximum Gasteiger partial charge on any atom is 0.243 e. The van der Waals surface area contributed by atoms with E-state index in [0.717, 1.165) is 43.4 Å². The number of fused-ring (bicyclic) bond motifs is 1. The van der Waals surface area contributed by atoms with Crippen molar-refractivity contribution < 1.29 is 4.79 Å². The van der Waals surface area contributed by atoms with Crippen molar-refractivity contribution >= 4 is 35.3 Å². The van der Waals surface area contributed by atoms with Crippen molar-refractivity contribution in [1.29, 1.82) is 0 Å². The van der Waals surface area contributed by atoms with E-state index < -0.39 is 0 Å². The van der Waals surface area contributed by atoms with Gasteiger partial charge >= 0.3 is 0 Å². The maximum atomic E-state index is 12.2. The highest BCUT2D eigenvalue weighted by Gasteiger charge is 2.23. The zero-order chi connectivity index (χ0) is 13.9. The molecule has 1 aromatic carbocycles. The van der Waals surface area contributed by atoms with Gasteiger partial charge in [-0.1, -0.05) is 19.1 Å². The number of imidazole rings is 1. The Kier molecular flexibility index (Phi) is 5.20. The highest BCUT2D eigenvalue weighted by Crippen LogP contribution is 2.20. The molecule has 1 aromatic heterocycles. The van der Waals surface area contributed by atoms with E-state index in [1.54, 1.807) is 0 Å². The Morgan fingerprint density at radius 1 is 1.48 bits per heavy atom. The van der Waals surface area contributed by atoms with Crippen molar-refractivity contribution in [2.75, 3.05) is 11.9 Å². The number of hydrogen-bond acceptors (Lipinski definition) is 3. The summed E-state index contributed by atoms with van der Waals surface area (Å²) in [6.07, 6.45) is 2.97. The molecule has 1 atom stereocenters. The van der Waals surface area contributed by atoms with Crippen LogP contribution in [0.1, 0.15) is 26.2 Å². The number of nitrogens with zero attached hydrogens (tertiary/aromatic N) is 2. The number of rotatable bonds is 4. The van der Waals surface area contributed by atoms with Crippen LogP contribution in [0.2, 0.25) is 0 Å². The first kappa shape index (κ1) is 15.8. The molecule has 5 nitrogen and oxygen atoms in total. The SMILES string of the molecule is CCCn1c(NC(=O)C2CCCN2)nc2ccccc21.Cl. The lowest BCUT2D eigenvalue weighted by Crippen LogP contribution is -2.36. The number of aryl methyl sites for hydroxylation is 1. The monoisotopic (exact) mass is 308 g/mol. The van der Waals surface area contributed by atoms with Gasteiger partial charge < -0.3 is 9.88 Å². The van der Waals surface area contributed by atoms with Gasteiger partial charge in [0.25, 0.3) is 0 Å². The van der Waals surface area contributed by atoms with Crippen LogP contribution >= 0.6 is 12.4 Å². The van der Waals surface area contributed by atoms with E-state index >= 15 is 0 Å². The molecule has 114 valence electrons. The number of carbonyl (C=O) groups excluding carboxylic acids is 1. The van der Waals surface area contributed by atoms with Gasteiger partial charge in [-0.15, -0.1) is 12.4 Å². The summed E-state index contributed by atoms with van der Waals surface area (Å²) >= 11 is 0. The van der Waals surface area contributed by atoms with Crippen LogP contribution in [0.25, 0.3) is 11.0 Å². The molecule has 1 aliphatic heterocycles. The second kappa shape index (κ2) is 6.91. The van der Waals surface area contributed by atoms with Gasteiger partial charge in [0.05, 0.1) is 17.1 Å². The van der Waals surface area contributed by atoms with Gasteiger partial charge in [0.15, 0.2) is 0 Å². The lowest BCUT2D eigenvalue weighted by atomic mass is 10.2. The third-order valence-corrected chi connectivity index (χ3v) is 3.71. The van der Waals surface area contributed by atoms with E-state index in [2.05, 4.69) is 27.1 Å². The fraction of sp³-hybridized carbons (Fsp3) is 0.467. The molecule has 3 rings (SSSR count). The van der Waals surface area contributed by atoms with Crippen LogP contribution in [0, 0.1) is 0 Å². The first-order chi connectivity index (χ1) is 9.79. The number of halogens is 1. The first-order valence-electron chi connectivity index (χ1n) is 7.29. The standard InChI is InChI=1S/C15H20N4O.ClH/c1-2-10-19-13-8-4-3-6-11(13)17-15(19)18-14(20)12-7-5-9-16-12;/h3-4,6,8,12,16H,2,5,7,9-10H2,1H3,(H,17,18,20);1H. The van der Waals surface area contributed by atoms with Crippen LogP contribution in [-0.2, 0) is 11.3 Å². The van der Waals surface area contributed by atoms with Gasteiger partial charge in [0.1, 0.15) is 0 Å². The van der Waals surface area contributed by atoms with Gasteiger partial charge in [-0.3, -0.25) is 10.1 Å². The van der Waals surface area contributed by atoms with Gasteiger partial charge in [0.2, 0.25) is 11.9 Å². The summed E-state index contributed by atoms with van der Waals surface area (Å²) in [6.45, 7) is 3.90. The predicted octanol–water partition coefficient (Wildman–Crippen LogP) is 2.56. The molecule has 0 aliphatic carbocycles. The van der Waals surface area contributed by atoms with E-state index in [1.807, 2.05) is 24.3 Å². The average molecular weight is 309 g/mol. The van der Waals surface area contributed by atoms with Gasteiger partial charge in [-0.05, 0) is 37.9 Å². The smallest absolute Gasteiger partial charge is 0.243 e. The normalized spacial score (nSPS) is 17.7. The van der Waals surface area contributed by atoms with Gasteiger partial charge in [0, 0.05) is 6.54 Å². The van der Waals surface area contributed by atoms with Crippen molar-refractivity contribution in [3.05, 3.63) is 24.3 Å². The average Bonchev–Trinajstić information content (AvgIpc) is 3.08. The minimum absolute atomic E-state index is 0. The molecule has 1 amide bonds. The summed E-state index contributed by atoms with van der Waals surface area (Å²) in [7, 11) is 0. The number of anilines is 1. The molecule has 6 heteroatoms. The number of amides is 1. The first-order valence-corrected chi connectivity index (χ1v) is 7.29. The second-order valence-electron chi connectivity index (χ2n) is 5.21. The third-order valence-electron chi connectivity index (χ3n) is 3.71. The van der Waals surface area contributed by atoms with Crippen molar-refractivity contribution in [2.45, 2.75) is 38.8 Å². The van der Waals surface area contributed by atoms with Gasteiger partial charge in [-0.25, -0.2) is 4.98 Å². The van der Waals surface area contributed by atoms with E-state index in [4.69, 9.17) is 0 Å². The Bertz CT molecular complexity index is 619. The highest BCUT2D eigenvalue weighted by molar-refractivity contribution is 5.95. The van der Waals surface area contributed by atoms with Crippen LogP contribution in [0.4, 0.5) is 5.95 Å². The third kappa shape index (κ3) is 3.19. The van der Waals surface area contributed by atoms with Crippen molar-refractivity contribution in [3.8, 4) is 0 Å². The number of aromatic nitrogens is 2. The summed E-state index contributed by atoms with van der Waals surface area (Å²) < 4.78 is 2.09. The zero-order valence-electron chi connectivity index (χ0n) is 12.1. The molecule has 1 unspecified atom stereocenters. The number of nitrogens with one attached hydrogen (secondary N) is 2. The Morgan fingerprint density at radius 3 is 3.00 bits per heavy atom. The molecule has 21 heavy (non-hydrogen) atoms. The second-order valence-corrected chi connectivity index (χ2v) is 5.21. The van der Waals surface area contributed by atoms with Crippen LogP contribution in [-0.4, -0.2) is 28.0 Å². The lowest BCUT2D eigenvalue weighted by molar-refractivity contribution is -0.117. The Morgan fingerprint density at radius 2 is 2.29 bits per heavy atom. The Hall–Kier alpha value is -1.59. The molecule has 1 saturated heterocycles. The molecule has 0 spiro atoms. The van der Waals surface area contributed by atoms with Crippen LogP contribution in [0.3, 0.4) is 0 Å². The Balaban J connectivity index is 0.00000161. The summed E-state index contributed by atoms with van der Waals surface area (Å²) in [6, 6.07) is 7.91. The van der Waals surface area contributed by atoms with E-state index in [9.17, 15) is 4.79 Å². The highest BCUT2D eigenvalue weighted by atomic mass is 35.5. The van der Waals surface area contributed by atoms with Crippen LogP contribution in [0.15, 0.2) is 24.3 Å². The number of hydrogen-bond donors (Lipinski definition) is 2. The summed E-state index contributed by atoms with van der Waals surface area (Å²) in [5.74, 6) is 0.682. The summed E-state index contributed by atoms with van der Waals surface area (Å²) in [5.41, 5.74) is 2.00. The number of para-hydroxylation sites is 2. The summed E-state index contributed by atoms with van der Waals surface area (Å²) in [5, 5.41) is 6.19. The van der Waals surface area contributed by atoms with Crippen molar-refractivity contribution in [3.63, 3.8) is 0 Å². The predicted molar refractivity (Wildman–Crippen MR) is 86.9 cm³/mol. The maximum absolute atomic E-state index is 12.2. The quantitative estimate of drug-likeness (QED) is 0.912. The topological polar surface area (TPSA) is 59.0 Å². The fourth-order valence-corrected chi connectivity index (χ4v) is 2.73. The van der Waals surface area contributed by atoms with E-state index in [0.29, 0.717) is 5.95 Å². The van der Waals surface area contributed by atoms with Gasteiger partial charge in [-0.2, -0.15) is 0 Å². The molecule has 2 heterocycles. The molecule has 2 aromatic rings. The van der Waals surface area contributed by atoms with Crippen molar-refractivity contribution in [2.24, 2.45) is 0 Å². The lowest BCUT2D eigenvalue weighted by Gasteiger charge is -2.12. The summed E-state index contributed by atoms with van der Waals surface area (Å²) in [4.78, 5) is 16.8. The van der Waals surface area contributed by atoms with E-state index in [-0.39, 0.29) is 24.4 Å². The molecule has 1 fully saturated rings. The molecular formula is C15H21ClN4O. The minimum atomic E-state index is -0.0788. The minimum Gasteiger partial charge on any atom is -0.310 e. The number of carbonyl (C=O) groups is 1. The fourth-order valence-electron chi connectivity index (χ4n) is 2.73. The molecule has 0 bridgehead atoms. The zero-order valence-corrected chi connectivity index (χ0v) is 12.9. The van der Waals surface area contributed by atoms with Crippen molar-refractivity contribution in [1.82, 2.24) is 14.9 Å². The number of benzene rings is 1. The largest absolute Gasteiger partial charge is 0.310 e. The van der Waals surface area contributed by atoms with E-state index in [1.165, 1.54) is 0 Å². The Labute approximate surface area is 130 Å². The molecular weight excluding hydrogens is 288 g/mol. The molecule has 2 N–H and O–H groups in total. The molecule has 0 radical (unpaired) electrons. The molecule has 1 aliphatic rings. The molecule has 0 saturated carbocycles.